The Hall–Kier alpha value is -2.38. The molecule has 0 saturated heterocycles. The van der Waals surface area contributed by atoms with Gasteiger partial charge in [0.2, 0.25) is 0 Å². The zero-order valence-corrected chi connectivity index (χ0v) is 16.5. The van der Waals surface area contributed by atoms with E-state index in [0.29, 0.717) is 13.1 Å². The van der Waals surface area contributed by atoms with Gasteiger partial charge in [-0.3, -0.25) is 9.59 Å². The highest BCUT2D eigenvalue weighted by Gasteiger charge is 2.18. The average molecular weight is 375 g/mol. The second kappa shape index (κ2) is 9.35. The minimum Gasteiger partial charge on any atom is -0.378 e. The molecule has 2 aromatic rings. The maximum atomic E-state index is 12.1. The molecule has 1 aromatic carbocycles. The van der Waals surface area contributed by atoms with Gasteiger partial charge in [0.25, 0.3) is 0 Å². The summed E-state index contributed by atoms with van der Waals surface area (Å²) in [6.45, 7) is 0.729. The van der Waals surface area contributed by atoms with Crippen molar-refractivity contribution in [3.63, 3.8) is 0 Å². The normalized spacial score (nSPS) is 11.9. The van der Waals surface area contributed by atoms with Gasteiger partial charge in [-0.1, -0.05) is 18.2 Å². The van der Waals surface area contributed by atoms with Crippen LogP contribution in [0.3, 0.4) is 0 Å². The number of thiophene rings is 1. The van der Waals surface area contributed by atoms with Gasteiger partial charge in [-0.25, -0.2) is 0 Å². The molecule has 6 nitrogen and oxygen atoms in total. The molecule has 1 aromatic heterocycles. The van der Waals surface area contributed by atoms with Crippen molar-refractivity contribution in [2.45, 2.75) is 12.6 Å². The summed E-state index contributed by atoms with van der Waals surface area (Å²) >= 11 is 1.54. The highest BCUT2D eigenvalue weighted by molar-refractivity contribution is 7.09. The van der Waals surface area contributed by atoms with Crippen LogP contribution in [0.2, 0.25) is 0 Å². The molecule has 2 amide bonds. The summed E-state index contributed by atoms with van der Waals surface area (Å²) in [5.74, 6) is -1.22. The third-order valence-corrected chi connectivity index (χ3v) is 4.96. The van der Waals surface area contributed by atoms with Crippen molar-refractivity contribution in [1.82, 2.24) is 15.5 Å². The van der Waals surface area contributed by atoms with E-state index in [4.69, 9.17) is 0 Å². The summed E-state index contributed by atoms with van der Waals surface area (Å²) in [4.78, 5) is 29.1. The van der Waals surface area contributed by atoms with Gasteiger partial charge in [0, 0.05) is 31.2 Å². The first-order valence-corrected chi connectivity index (χ1v) is 9.28. The second-order valence-electron chi connectivity index (χ2n) is 6.44. The summed E-state index contributed by atoms with van der Waals surface area (Å²) in [6.07, 6.45) is 0. The van der Waals surface area contributed by atoms with Gasteiger partial charge in [-0.2, -0.15) is 0 Å². The van der Waals surface area contributed by atoms with Crippen molar-refractivity contribution in [3.8, 4) is 0 Å². The van der Waals surface area contributed by atoms with E-state index in [2.05, 4.69) is 10.6 Å². The molecular formula is C19H26N4O2S. The predicted molar refractivity (Wildman–Crippen MR) is 106 cm³/mol. The number of hydrogen-bond acceptors (Lipinski definition) is 5. The van der Waals surface area contributed by atoms with Crippen LogP contribution in [0.1, 0.15) is 16.5 Å². The maximum absolute atomic E-state index is 12.1. The van der Waals surface area contributed by atoms with Gasteiger partial charge in [0.15, 0.2) is 0 Å². The zero-order chi connectivity index (χ0) is 19.1. The first-order chi connectivity index (χ1) is 12.4. The van der Waals surface area contributed by atoms with Crippen LogP contribution in [-0.4, -0.2) is 51.4 Å². The minimum absolute atomic E-state index is 0.0136. The molecule has 1 unspecified atom stereocenters. The third kappa shape index (κ3) is 5.57. The Kier molecular flexibility index (Phi) is 7.17. The molecule has 0 fully saturated rings. The Morgan fingerprint density at radius 2 is 1.65 bits per heavy atom. The summed E-state index contributed by atoms with van der Waals surface area (Å²) in [7, 11) is 7.89. The molecule has 0 saturated carbocycles. The van der Waals surface area contributed by atoms with Gasteiger partial charge in [0.05, 0.1) is 12.6 Å². The van der Waals surface area contributed by atoms with Gasteiger partial charge in [-0.15, -0.1) is 11.3 Å². The number of nitrogens with one attached hydrogen (secondary N) is 2. The molecule has 0 bridgehead atoms. The van der Waals surface area contributed by atoms with Gasteiger partial charge >= 0.3 is 11.8 Å². The lowest BCUT2D eigenvalue weighted by atomic mass is 10.1. The van der Waals surface area contributed by atoms with Crippen molar-refractivity contribution in [2.75, 3.05) is 39.6 Å². The number of nitrogens with zero attached hydrogens (tertiary/aromatic N) is 2. The van der Waals surface area contributed by atoms with E-state index in [1.807, 2.05) is 79.8 Å². The predicted octanol–water partition coefficient (Wildman–Crippen LogP) is 1.85. The number of anilines is 1. The van der Waals surface area contributed by atoms with Gasteiger partial charge < -0.3 is 20.4 Å². The Labute approximate surface area is 158 Å². The fraction of sp³-hybridized carbons (Fsp3) is 0.368. The Balaban J connectivity index is 1.90. The van der Waals surface area contributed by atoms with E-state index in [0.717, 1.165) is 16.1 Å². The standard InChI is InChI=1S/C19H26N4O2S/c1-22(2)15-9-7-14(8-10-15)17(23(3)4)13-21-19(25)18(24)20-12-16-6-5-11-26-16/h5-11,17H,12-13H2,1-4H3,(H,20,24)(H,21,25). The van der Waals surface area contributed by atoms with E-state index >= 15 is 0 Å². The zero-order valence-electron chi connectivity index (χ0n) is 15.7. The molecule has 0 aliphatic carbocycles. The monoisotopic (exact) mass is 374 g/mol. The fourth-order valence-corrected chi connectivity index (χ4v) is 3.17. The number of carbonyl (C=O) groups excluding carboxylic acids is 2. The van der Waals surface area contributed by atoms with Crippen LogP contribution in [0.4, 0.5) is 5.69 Å². The average Bonchev–Trinajstić information content (AvgIpc) is 3.13. The topological polar surface area (TPSA) is 64.7 Å². The van der Waals surface area contributed by atoms with E-state index < -0.39 is 11.8 Å². The number of amides is 2. The lowest BCUT2D eigenvalue weighted by Gasteiger charge is -2.25. The minimum atomic E-state index is -0.613. The molecule has 0 radical (unpaired) electrons. The Morgan fingerprint density at radius 1 is 1.00 bits per heavy atom. The smallest absolute Gasteiger partial charge is 0.309 e. The van der Waals surface area contributed by atoms with Crippen LogP contribution in [-0.2, 0) is 16.1 Å². The number of likely N-dealkylation sites (N-methyl/N-ethyl adjacent to an activating group) is 1. The van der Waals surface area contributed by atoms with Crippen LogP contribution in [0.5, 0.6) is 0 Å². The molecule has 7 heteroatoms. The van der Waals surface area contributed by atoms with Gasteiger partial charge in [0.1, 0.15) is 0 Å². The Bertz CT molecular complexity index is 712. The third-order valence-electron chi connectivity index (χ3n) is 4.08. The lowest BCUT2D eigenvalue weighted by Crippen LogP contribution is -2.42. The first kappa shape index (κ1) is 19.9. The van der Waals surface area contributed by atoms with Crippen LogP contribution in [0.25, 0.3) is 0 Å². The molecule has 140 valence electrons. The molecular weight excluding hydrogens is 348 g/mol. The summed E-state index contributed by atoms with van der Waals surface area (Å²) in [5.41, 5.74) is 2.20. The molecule has 1 atom stereocenters. The molecule has 2 N–H and O–H groups in total. The van der Waals surface area contributed by atoms with Crippen LogP contribution < -0.4 is 15.5 Å². The Morgan fingerprint density at radius 3 is 2.19 bits per heavy atom. The summed E-state index contributed by atoms with van der Waals surface area (Å²) in [6, 6.07) is 12.0. The highest BCUT2D eigenvalue weighted by atomic mass is 32.1. The summed E-state index contributed by atoms with van der Waals surface area (Å²) in [5, 5.41) is 7.30. The second-order valence-corrected chi connectivity index (χ2v) is 7.47. The molecule has 0 aliphatic heterocycles. The highest BCUT2D eigenvalue weighted by Crippen LogP contribution is 2.20. The van der Waals surface area contributed by atoms with Crippen LogP contribution in [0.15, 0.2) is 41.8 Å². The largest absolute Gasteiger partial charge is 0.378 e. The molecule has 2 rings (SSSR count). The number of benzene rings is 1. The lowest BCUT2D eigenvalue weighted by molar-refractivity contribution is -0.139. The SMILES string of the molecule is CN(C)c1ccc(C(CNC(=O)C(=O)NCc2cccs2)N(C)C)cc1. The van der Waals surface area contributed by atoms with Crippen molar-refractivity contribution in [3.05, 3.63) is 52.2 Å². The molecule has 26 heavy (non-hydrogen) atoms. The van der Waals surface area contributed by atoms with Crippen LogP contribution >= 0.6 is 11.3 Å². The fourth-order valence-electron chi connectivity index (χ4n) is 2.52. The molecule has 0 aliphatic rings. The van der Waals surface area contributed by atoms with Gasteiger partial charge in [-0.05, 0) is 43.2 Å². The first-order valence-electron chi connectivity index (χ1n) is 8.40. The van der Waals surface area contributed by atoms with Crippen molar-refractivity contribution in [1.29, 1.82) is 0 Å². The van der Waals surface area contributed by atoms with Crippen molar-refractivity contribution >= 4 is 28.8 Å². The number of hydrogen-bond donors (Lipinski definition) is 2. The molecule has 0 spiro atoms. The maximum Gasteiger partial charge on any atom is 0.309 e. The van der Waals surface area contributed by atoms with Crippen molar-refractivity contribution < 1.29 is 9.59 Å². The quantitative estimate of drug-likeness (QED) is 0.726. The number of carbonyl (C=O) groups is 2. The van der Waals surface area contributed by atoms with Crippen molar-refractivity contribution in [2.24, 2.45) is 0 Å². The number of rotatable bonds is 7. The summed E-state index contributed by atoms with van der Waals surface area (Å²) < 4.78 is 0. The molecule has 1 heterocycles. The van der Waals surface area contributed by atoms with E-state index in [-0.39, 0.29) is 6.04 Å². The van der Waals surface area contributed by atoms with E-state index in [1.54, 1.807) is 11.3 Å². The van der Waals surface area contributed by atoms with E-state index in [1.165, 1.54) is 0 Å². The van der Waals surface area contributed by atoms with Crippen LogP contribution in [0, 0.1) is 0 Å². The van der Waals surface area contributed by atoms with E-state index in [9.17, 15) is 9.59 Å².